The van der Waals surface area contributed by atoms with Gasteiger partial charge >= 0.3 is 0 Å². The van der Waals surface area contributed by atoms with E-state index >= 15 is 0 Å². The summed E-state index contributed by atoms with van der Waals surface area (Å²) < 4.78 is 0. The summed E-state index contributed by atoms with van der Waals surface area (Å²) in [7, 11) is 0. The number of amides is 2. The van der Waals surface area contributed by atoms with E-state index in [4.69, 9.17) is 5.73 Å². The first-order chi connectivity index (χ1) is 10.1. The number of carbonyl (C=O) groups excluding carboxylic acids is 2. The SMILES string of the molecule is C[C@@H]1C[C@H]1N1C[C@H](NC(=O)c2ccc(CN)cc2)CC1=O. The van der Waals surface area contributed by atoms with Crippen molar-refractivity contribution in [3.05, 3.63) is 35.4 Å². The fraction of sp³-hybridized carbons (Fsp3) is 0.500. The van der Waals surface area contributed by atoms with E-state index in [9.17, 15) is 9.59 Å². The molecule has 0 aromatic heterocycles. The molecule has 1 aliphatic carbocycles. The molecule has 112 valence electrons. The number of nitrogens with one attached hydrogen (secondary N) is 1. The molecule has 0 bridgehead atoms. The summed E-state index contributed by atoms with van der Waals surface area (Å²) in [5, 5.41) is 2.96. The van der Waals surface area contributed by atoms with Crippen LogP contribution in [0.2, 0.25) is 0 Å². The Kier molecular flexibility index (Phi) is 3.68. The van der Waals surface area contributed by atoms with Gasteiger partial charge in [-0.05, 0) is 30.0 Å². The summed E-state index contributed by atoms with van der Waals surface area (Å²) in [6, 6.07) is 7.57. The molecule has 1 saturated carbocycles. The highest BCUT2D eigenvalue weighted by molar-refractivity contribution is 5.95. The zero-order valence-corrected chi connectivity index (χ0v) is 12.2. The molecule has 1 aromatic carbocycles. The van der Waals surface area contributed by atoms with Crippen molar-refractivity contribution in [3.63, 3.8) is 0 Å². The largest absolute Gasteiger partial charge is 0.347 e. The molecule has 3 rings (SSSR count). The number of nitrogens with two attached hydrogens (primary N) is 1. The smallest absolute Gasteiger partial charge is 0.251 e. The molecule has 1 saturated heterocycles. The number of nitrogens with zero attached hydrogens (tertiary/aromatic N) is 1. The number of benzene rings is 1. The Hall–Kier alpha value is -1.88. The van der Waals surface area contributed by atoms with Gasteiger partial charge in [-0.1, -0.05) is 19.1 Å². The van der Waals surface area contributed by atoms with Gasteiger partial charge < -0.3 is 16.0 Å². The average molecular weight is 287 g/mol. The third-order valence-corrected chi connectivity index (χ3v) is 4.41. The Morgan fingerprint density at radius 2 is 2.05 bits per heavy atom. The highest BCUT2D eigenvalue weighted by Gasteiger charge is 2.44. The van der Waals surface area contributed by atoms with Crippen molar-refractivity contribution < 1.29 is 9.59 Å². The van der Waals surface area contributed by atoms with Gasteiger partial charge in [-0.25, -0.2) is 0 Å². The number of rotatable bonds is 4. The fourth-order valence-electron chi connectivity index (χ4n) is 2.95. The van der Waals surface area contributed by atoms with E-state index in [1.165, 1.54) is 0 Å². The molecular weight excluding hydrogens is 266 g/mol. The third-order valence-electron chi connectivity index (χ3n) is 4.41. The predicted octanol–water partition coefficient (Wildman–Crippen LogP) is 0.884. The molecule has 21 heavy (non-hydrogen) atoms. The summed E-state index contributed by atoms with van der Waals surface area (Å²) in [4.78, 5) is 26.1. The van der Waals surface area contributed by atoms with Crippen LogP contribution in [0.1, 0.15) is 35.7 Å². The maximum Gasteiger partial charge on any atom is 0.251 e. The second-order valence-corrected chi connectivity index (χ2v) is 6.10. The minimum Gasteiger partial charge on any atom is -0.347 e. The van der Waals surface area contributed by atoms with Gasteiger partial charge in [-0.15, -0.1) is 0 Å². The maximum absolute atomic E-state index is 12.2. The van der Waals surface area contributed by atoms with Crippen LogP contribution in [0.4, 0.5) is 0 Å². The summed E-state index contributed by atoms with van der Waals surface area (Å²) >= 11 is 0. The summed E-state index contributed by atoms with van der Waals surface area (Å²) in [6.45, 7) is 3.26. The van der Waals surface area contributed by atoms with Gasteiger partial charge in [0.05, 0.1) is 6.04 Å². The first kappa shape index (κ1) is 14.1. The van der Waals surface area contributed by atoms with Crippen LogP contribution in [-0.4, -0.2) is 35.3 Å². The lowest BCUT2D eigenvalue weighted by Gasteiger charge is -2.17. The van der Waals surface area contributed by atoms with Crippen LogP contribution < -0.4 is 11.1 Å². The van der Waals surface area contributed by atoms with Crippen molar-refractivity contribution in [2.24, 2.45) is 11.7 Å². The fourth-order valence-corrected chi connectivity index (χ4v) is 2.95. The molecule has 1 aliphatic heterocycles. The van der Waals surface area contributed by atoms with E-state index in [1.807, 2.05) is 17.0 Å². The van der Waals surface area contributed by atoms with Crippen LogP contribution in [0.25, 0.3) is 0 Å². The minimum atomic E-state index is -0.123. The first-order valence-electron chi connectivity index (χ1n) is 7.48. The van der Waals surface area contributed by atoms with Crippen LogP contribution in [0.15, 0.2) is 24.3 Å². The van der Waals surface area contributed by atoms with Crippen LogP contribution in [0, 0.1) is 5.92 Å². The molecule has 0 radical (unpaired) electrons. The van der Waals surface area contributed by atoms with E-state index in [1.54, 1.807) is 12.1 Å². The van der Waals surface area contributed by atoms with Crippen molar-refractivity contribution in [2.45, 2.75) is 38.4 Å². The number of hydrogen-bond acceptors (Lipinski definition) is 3. The second-order valence-electron chi connectivity index (χ2n) is 6.10. The Balaban J connectivity index is 1.58. The van der Waals surface area contributed by atoms with Crippen LogP contribution >= 0.6 is 0 Å². The van der Waals surface area contributed by atoms with E-state index in [2.05, 4.69) is 12.2 Å². The van der Waals surface area contributed by atoms with Crippen LogP contribution in [0.5, 0.6) is 0 Å². The normalized spacial score (nSPS) is 27.8. The van der Waals surface area contributed by atoms with Crippen molar-refractivity contribution in [3.8, 4) is 0 Å². The molecule has 0 unspecified atom stereocenters. The summed E-state index contributed by atoms with van der Waals surface area (Å²) in [5.74, 6) is 0.641. The molecule has 3 N–H and O–H groups in total. The first-order valence-corrected chi connectivity index (χ1v) is 7.48. The highest BCUT2D eigenvalue weighted by atomic mass is 16.2. The number of carbonyl (C=O) groups is 2. The molecule has 3 atom stereocenters. The topological polar surface area (TPSA) is 75.4 Å². The molecule has 0 spiro atoms. The van der Waals surface area contributed by atoms with Gasteiger partial charge in [-0.2, -0.15) is 0 Å². The molecule has 2 fully saturated rings. The number of hydrogen-bond donors (Lipinski definition) is 2. The second kappa shape index (κ2) is 5.48. The Labute approximate surface area is 124 Å². The molecule has 5 nitrogen and oxygen atoms in total. The van der Waals surface area contributed by atoms with E-state index in [0.717, 1.165) is 12.0 Å². The van der Waals surface area contributed by atoms with Gasteiger partial charge in [0.2, 0.25) is 5.91 Å². The Bertz CT molecular complexity index is 555. The van der Waals surface area contributed by atoms with Crippen molar-refractivity contribution in [1.82, 2.24) is 10.2 Å². The average Bonchev–Trinajstić information content (AvgIpc) is 3.09. The summed E-state index contributed by atoms with van der Waals surface area (Å²) in [5.41, 5.74) is 7.15. The monoisotopic (exact) mass is 287 g/mol. The van der Waals surface area contributed by atoms with Crippen LogP contribution in [-0.2, 0) is 11.3 Å². The molecular formula is C16H21N3O2. The van der Waals surface area contributed by atoms with E-state index in [0.29, 0.717) is 37.0 Å². The molecule has 1 heterocycles. The van der Waals surface area contributed by atoms with Gasteiger partial charge in [0, 0.05) is 31.1 Å². The molecule has 5 heteroatoms. The van der Waals surface area contributed by atoms with E-state index < -0.39 is 0 Å². The lowest BCUT2D eigenvalue weighted by molar-refractivity contribution is -0.128. The highest BCUT2D eigenvalue weighted by Crippen LogP contribution is 2.37. The molecule has 2 amide bonds. The predicted molar refractivity (Wildman–Crippen MR) is 79.5 cm³/mol. The van der Waals surface area contributed by atoms with Crippen LogP contribution in [0.3, 0.4) is 0 Å². The van der Waals surface area contributed by atoms with E-state index in [-0.39, 0.29) is 17.9 Å². The minimum absolute atomic E-state index is 0.0769. The van der Waals surface area contributed by atoms with Gasteiger partial charge in [-0.3, -0.25) is 9.59 Å². The standard InChI is InChI=1S/C16H21N3O2/c1-10-6-14(10)19-9-13(7-15(19)20)18-16(21)12-4-2-11(8-17)3-5-12/h2-5,10,13-14H,6-9,17H2,1H3,(H,18,21)/t10-,13-,14-/m1/s1. The zero-order valence-electron chi connectivity index (χ0n) is 12.2. The maximum atomic E-state index is 12.2. The third kappa shape index (κ3) is 2.93. The van der Waals surface area contributed by atoms with Gasteiger partial charge in [0.1, 0.15) is 0 Å². The van der Waals surface area contributed by atoms with Gasteiger partial charge in [0.15, 0.2) is 0 Å². The lowest BCUT2D eigenvalue weighted by Crippen LogP contribution is -2.37. The Morgan fingerprint density at radius 3 is 2.62 bits per heavy atom. The quantitative estimate of drug-likeness (QED) is 0.863. The molecule has 1 aromatic rings. The Morgan fingerprint density at radius 1 is 1.38 bits per heavy atom. The van der Waals surface area contributed by atoms with Crippen molar-refractivity contribution in [1.29, 1.82) is 0 Å². The lowest BCUT2D eigenvalue weighted by atomic mass is 10.1. The zero-order chi connectivity index (χ0) is 15.0. The number of likely N-dealkylation sites (tertiary alicyclic amines) is 1. The molecule has 2 aliphatic rings. The van der Waals surface area contributed by atoms with Gasteiger partial charge in [0.25, 0.3) is 5.91 Å². The van der Waals surface area contributed by atoms with Crippen molar-refractivity contribution in [2.75, 3.05) is 6.54 Å². The summed E-state index contributed by atoms with van der Waals surface area (Å²) in [6.07, 6.45) is 1.50. The van der Waals surface area contributed by atoms with Crippen molar-refractivity contribution >= 4 is 11.8 Å².